The molecule has 16 heavy (non-hydrogen) atoms. The Balaban J connectivity index is 2.52. The molecule has 0 unspecified atom stereocenters. The van der Waals surface area contributed by atoms with E-state index in [-0.39, 0.29) is 5.43 Å². The predicted octanol–water partition coefficient (Wildman–Crippen LogP) is 2.36. The molecule has 1 heterocycles. The summed E-state index contributed by atoms with van der Waals surface area (Å²) < 4.78 is 5.14. The van der Waals surface area contributed by atoms with Crippen molar-refractivity contribution in [2.75, 3.05) is 7.11 Å². The minimum Gasteiger partial charge on any atom is -0.497 e. The van der Waals surface area contributed by atoms with E-state index in [9.17, 15) is 4.79 Å². The quantitative estimate of drug-likeness (QED) is 0.835. The molecule has 3 heteroatoms. The average molecular weight is 215 g/mol. The van der Waals surface area contributed by atoms with Crippen LogP contribution < -0.4 is 10.2 Å². The van der Waals surface area contributed by atoms with Crippen LogP contribution in [-0.2, 0) is 0 Å². The van der Waals surface area contributed by atoms with E-state index in [2.05, 4.69) is 4.98 Å². The lowest BCUT2D eigenvalue weighted by Gasteiger charge is -2.07. The molecule has 0 fully saturated rings. The summed E-state index contributed by atoms with van der Waals surface area (Å²) in [6.45, 7) is 1.99. The first-order valence-electron chi connectivity index (χ1n) is 5.04. The number of hydrogen-bond donors (Lipinski definition) is 1. The van der Waals surface area contributed by atoms with E-state index in [4.69, 9.17) is 4.74 Å². The Bertz CT molecular complexity index is 558. The number of nitrogens with one attached hydrogen (secondary N) is 1. The van der Waals surface area contributed by atoms with Gasteiger partial charge in [-0.25, -0.2) is 0 Å². The van der Waals surface area contributed by atoms with Gasteiger partial charge in [-0.1, -0.05) is 0 Å². The van der Waals surface area contributed by atoms with Crippen LogP contribution in [0.2, 0.25) is 0 Å². The second-order valence-corrected chi connectivity index (χ2v) is 3.62. The Hall–Kier alpha value is -2.03. The second kappa shape index (κ2) is 4.23. The normalized spacial score (nSPS) is 10.1. The highest BCUT2D eigenvalue weighted by Gasteiger charge is 2.03. The van der Waals surface area contributed by atoms with E-state index in [0.29, 0.717) is 0 Å². The van der Waals surface area contributed by atoms with Crippen molar-refractivity contribution in [1.82, 2.24) is 4.98 Å². The summed E-state index contributed by atoms with van der Waals surface area (Å²) in [7, 11) is 1.64. The first-order valence-corrected chi connectivity index (χ1v) is 5.04. The fourth-order valence-electron chi connectivity index (χ4n) is 1.67. The van der Waals surface area contributed by atoms with Crippen LogP contribution in [0.1, 0.15) is 5.56 Å². The van der Waals surface area contributed by atoms with Crippen LogP contribution in [0.25, 0.3) is 11.3 Å². The third-order valence-corrected chi connectivity index (χ3v) is 2.50. The highest BCUT2D eigenvalue weighted by Crippen LogP contribution is 2.24. The number of ether oxygens (including phenoxy) is 1. The van der Waals surface area contributed by atoms with Crippen LogP contribution in [0.3, 0.4) is 0 Å². The summed E-state index contributed by atoms with van der Waals surface area (Å²) in [5, 5.41) is 0. The predicted molar refractivity (Wildman–Crippen MR) is 63.8 cm³/mol. The summed E-state index contributed by atoms with van der Waals surface area (Å²) in [4.78, 5) is 14.3. The second-order valence-electron chi connectivity index (χ2n) is 3.62. The Kier molecular flexibility index (Phi) is 2.77. The van der Waals surface area contributed by atoms with Crippen molar-refractivity contribution >= 4 is 0 Å². The number of methoxy groups -OCH3 is 1. The molecule has 1 N–H and O–H groups in total. The fraction of sp³-hybridized carbons (Fsp3) is 0.154. The lowest BCUT2D eigenvalue weighted by atomic mass is 10.0. The molecule has 0 aliphatic rings. The minimum atomic E-state index is 0.00367. The molecule has 0 saturated carbocycles. The van der Waals surface area contributed by atoms with E-state index < -0.39 is 0 Å². The first kappa shape index (κ1) is 10.5. The van der Waals surface area contributed by atoms with Gasteiger partial charge >= 0.3 is 0 Å². The van der Waals surface area contributed by atoms with Crippen molar-refractivity contribution in [2.24, 2.45) is 0 Å². The van der Waals surface area contributed by atoms with Crippen LogP contribution in [0, 0.1) is 6.92 Å². The molecule has 2 rings (SSSR count). The van der Waals surface area contributed by atoms with Crippen molar-refractivity contribution in [1.29, 1.82) is 0 Å². The van der Waals surface area contributed by atoms with Crippen molar-refractivity contribution < 1.29 is 4.74 Å². The van der Waals surface area contributed by atoms with E-state index in [1.54, 1.807) is 19.4 Å². The van der Waals surface area contributed by atoms with E-state index >= 15 is 0 Å². The number of aromatic amines is 1. The molecule has 0 aliphatic carbocycles. The molecule has 0 saturated heterocycles. The van der Waals surface area contributed by atoms with Crippen molar-refractivity contribution in [3.63, 3.8) is 0 Å². The van der Waals surface area contributed by atoms with Gasteiger partial charge in [0.15, 0.2) is 5.43 Å². The van der Waals surface area contributed by atoms with E-state index in [1.165, 1.54) is 6.07 Å². The smallest absolute Gasteiger partial charge is 0.182 e. The molecule has 1 aromatic carbocycles. The van der Waals surface area contributed by atoms with Crippen LogP contribution in [0.15, 0.2) is 41.3 Å². The number of aryl methyl sites for hydroxylation is 1. The van der Waals surface area contributed by atoms with Gasteiger partial charge in [-0.05, 0) is 30.7 Å². The maximum absolute atomic E-state index is 11.3. The van der Waals surface area contributed by atoms with Gasteiger partial charge in [0.25, 0.3) is 0 Å². The van der Waals surface area contributed by atoms with Gasteiger partial charge in [-0.15, -0.1) is 0 Å². The van der Waals surface area contributed by atoms with Crippen molar-refractivity contribution in [2.45, 2.75) is 6.92 Å². The molecule has 0 atom stereocenters. The maximum Gasteiger partial charge on any atom is 0.182 e. The van der Waals surface area contributed by atoms with Crippen LogP contribution >= 0.6 is 0 Å². The summed E-state index contributed by atoms with van der Waals surface area (Å²) in [6.07, 6.45) is 1.65. The van der Waals surface area contributed by atoms with Gasteiger partial charge < -0.3 is 9.72 Å². The van der Waals surface area contributed by atoms with Gasteiger partial charge in [-0.3, -0.25) is 4.79 Å². The Labute approximate surface area is 93.7 Å². The Morgan fingerprint density at radius 2 is 2.00 bits per heavy atom. The molecule has 3 nitrogen and oxygen atoms in total. The molecular weight excluding hydrogens is 202 g/mol. The monoisotopic (exact) mass is 215 g/mol. The lowest BCUT2D eigenvalue weighted by Crippen LogP contribution is -1.99. The fourth-order valence-corrected chi connectivity index (χ4v) is 1.67. The molecule has 2 aromatic rings. The summed E-state index contributed by atoms with van der Waals surface area (Å²) in [5.41, 5.74) is 2.91. The highest BCUT2D eigenvalue weighted by atomic mass is 16.5. The topological polar surface area (TPSA) is 42.1 Å². The van der Waals surface area contributed by atoms with Crippen molar-refractivity contribution in [3.8, 4) is 17.0 Å². The molecule has 0 spiro atoms. The number of H-pyrrole nitrogens is 1. The molecule has 1 aromatic heterocycles. The van der Waals surface area contributed by atoms with E-state index in [0.717, 1.165) is 22.6 Å². The molecule has 0 bridgehead atoms. The number of rotatable bonds is 2. The number of pyridine rings is 1. The zero-order chi connectivity index (χ0) is 11.5. The SMILES string of the molecule is COc1ccc(-c2cc(=O)cc[nH]2)c(C)c1. The molecular formula is C13H13NO2. The van der Waals surface area contributed by atoms with Crippen LogP contribution in [-0.4, -0.2) is 12.1 Å². The number of benzene rings is 1. The van der Waals surface area contributed by atoms with Gasteiger partial charge in [-0.2, -0.15) is 0 Å². The third kappa shape index (κ3) is 1.98. The standard InChI is InChI=1S/C13H13NO2/c1-9-7-11(16-2)3-4-12(9)13-8-10(15)5-6-14-13/h3-8H,1-2H3,(H,14,15). The zero-order valence-corrected chi connectivity index (χ0v) is 9.28. The van der Waals surface area contributed by atoms with E-state index in [1.807, 2.05) is 25.1 Å². The zero-order valence-electron chi connectivity index (χ0n) is 9.28. The largest absolute Gasteiger partial charge is 0.497 e. The Morgan fingerprint density at radius 1 is 1.19 bits per heavy atom. The van der Waals surface area contributed by atoms with Gasteiger partial charge in [0.2, 0.25) is 0 Å². The Morgan fingerprint density at radius 3 is 2.62 bits per heavy atom. The maximum atomic E-state index is 11.3. The average Bonchev–Trinajstić information content (AvgIpc) is 2.28. The number of aromatic nitrogens is 1. The highest BCUT2D eigenvalue weighted by molar-refractivity contribution is 5.64. The first-order chi connectivity index (χ1) is 7.70. The van der Waals surface area contributed by atoms with Gasteiger partial charge in [0.1, 0.15) is 5.75 Å². The summed E-state index contributed by atoms with van der Waals surface area (Å²) in [5.74, 6) is 0.819. The molecule has 82 valence electrons. The lowest BCUT2D eigenvalue weighted by molar-refractivity contribution is 0.414. The van der Waals surface area contributed by atoms with Crippen LogP contribution in [0.5, 0.6) is 5.75 Å². The summed E-state index contributed by atoms with van der Waals surface area (Å²) in [6, 6.07) is 8.87. The van der Waals surface area contributed by atoms with Gasteiger partial charge in [0, 0.05) is 29.6 Å². The van der Waals surface area contributed by atoms with Gasteiger partial charge in [0.05, 0.1) is 7.11 Å². The molecule has 0 amide bonds. The molecule has 0 aliphatic heterocycles. The minimum absolute atomic E-state index is 0.00367. The van der Waals surface area contributed by atoms with Crippen LogP contribution in [0.4, 0.5) is 0 Å². The number of hydrogen-bond acceptors (Lipinski definition) is 2. The summed E-state index contributed by atoms with van der Waals surface area (Å²) >= 11 is 0. The third-order valence-electron chi connectivity index (χ3n) is 2.50. The van der Waals surface area contributed by atoms with Crippen molar-refractivity contribution in [3.05, 3.63) is 52.3 Å². The molecule has 0 radical (unpaired) electrons.